The summed E-state index contributed by atoms with van der Waals surface area (Å²) in [6, 6.07) is 0.194. The molecule has 3 rings (SSSR count). The van der Waals surface area contributed by atoms with E-state index >= 15 is 0 Å². The van der Waals surface area contributed by atoms with Crippen LogP contribution in [-0.4, -0.2) is 29.5 Å². The van der Waals surface area contributed by atoms with Crippen LogP contribution in [0.15, 0.2) is 22.9 Å². The number of aryl methyl sites for hydroxylation is 1. The lowest BCUT2D eigenvalue weighted by atomic mass is 10.1. The Morgan fingerprint density at radius 2 is 2.12 bits per heavy atom. The summed E-state index contributed by atoms with van der Waals surface area (Å²) < 4.78 is 3.62. The molecule has 0 N–H and O–H groups in total. The van der Waals surface area contributed by atoms with Crippen molar-refractivity contribution >= 4 is 28.8 Å². The van der Waals surface area contributed by atoms with Crippen molar-refractivity contribution in [1.82, 2.24) is 24.5 Å². The maximum atomic E-state index is 10.7. The zero-order valence-electron chi connectivity index (χ0n) is 14.3. The second kappa shape index (κ2) is 6.96. The van der Waals surface area contributed by atoms with Gasteiger partial charge in [-0.15, -0.1) is 21.5 Å². The van der Waals surface area contributed by atoms with Gasteiger partial charge in [0.15, 0.2) is 11.0 Å². The molecule has 25 heavy (non-hydrogen) atoms. The van der Waals surface area contributed by atoms with Gasteiger partial charge in [-0.3, -0.25) is 19.4 Å². The van der Waals surface area contributed by atoms with E-state index < -0.39 is 4.92 Å². The summed E-state index contributed by atoms with van der Waals surface area (Å²) in [5.41, 5.74) is 2.31. The van der Waals surface area contributed by atoms with Crippen LogP contribution in [0, 0.1) is 24.0 Å². The quantitative estimate of drug-likeness (QED) is 0.365. The Morgan fingerprint density at radius 3 is 2.68 bits per heavy atom. The molecule has 0 spiro atoms. The number of hydrogen-bond donors (Lipinski definition) is 0. The summed E-state index contributed by atoms with van der Waals surface area (Å²) in [6.45, 7) is 8.37. The number of hydrogen-bond acceptors (Lipinski definition) is 7. The number of nitrogens with zero attached hydrogens (tertiary/aromatic N) is 6. The van der Waals surface area contributed by atoms with Gasteiger partial charge in [0.2, 0.25) is 0 Å². The van der Waals surface area contributed by atoms with Crippen molar-refractivity contribution < 1.29 is 4.92 Å². The Morgan fingerprint density at radius 1 is 1.36 bits per heavy atom. The van der Waals surface area contributed by atoms with E-state index in [0.717, 1.165) is 16.5 Å². The molecule has 0 amide bonds. The van der Waals surface area contributed by atoms with Crippen LogP contribution in [-0.2, 0) is 5.88 Å². The minimum Gasteiger partial charge on any atom is -0.299 e. The van der Waals surface area contributed by atoms with Gasteiger partial charge < -0.3 is 0 Å². The highest BCUT2D eigenvalue weighted by molar-refractivity contribution is 7.98. The SMILES string of the molecule is Cc1scc(-c2nnc(SCn3cc([N+](=O)[O-])cn3)n2C(C)C)c1C. The Labute approximate surface area is 153 Å². The second-order valence-corrected chi connectivity index (χ2v) is 7.86. The zero-order valence-corrected chi connectivity index (χ0v) is 16.0. The summed E-state index contributed by atoms with van der Waals surface area (Å²) >= 11 is 3.16. The monoisotopic (exact) mass is 378 g/mol. The molecule has 10 heteroatoms. The van der Waals surface area contributed by atoms with Crippen LogP contribution >= 0.6 is 23.1 Å². The summed E-state index contributed by atoms with van der Waals surface area (Å²) in [5, 5.41) is 26.3. The van der Waals surface area contributed by atoms with Gasteiger partial charge in [0.05, 0.1) is 10.8 Å². The predicted molar refractivity (Wildman–Crippen MR) is 97.9 cm³/mol. The van der Waals surface area contributed by atoms with Crippen LogP contribution in [0.5, 0.6) is 0 Å². The Balaban J connectivity index is 1.86. The van der Waals surface area contributed by atoms with Gasteiger partial charge in [0, 0.05) is 21.9 Å². The molecule has 0 saturated carbocycles. The maximum Gasteiger partial charge on any atom is 0.307 e. The molecule has 0 bridgehead atoms. The van der Waals surface area contributed by atoms with Crippen LogP contribution in [0.2, 0.25) is 0 Å². The van der Waals surface area contributed by atoms with Crippen LogP contribution < -0.4 is 0 Å². The van der Waals surface area contributed by atoms with Crippen LogP contribution in [0.4, 0.5) is 5.69 Å². The molecule has 3 aromatic rings. The molecule has 8 nitrogen and oxygen atoms in total. The van der Waals surface area contributed by atoms with Crippen molar-refractivity contribution in [1.29, 1.82) is 0 Å². The molecule has 0 aliphatic rings. The molecule has 0 unspecified atom stereocenters. The number of rotatable bonds is 6. The number of nitro groups is 1. The average molecular weight is 378 g/mol. The van der Waals surface area contributed by atoms with Crippen molar-refractivity contribution in [3.05, 3.63) is 38.3 Å². The third-order valence-electron chi connectivity index (χ3n) is 3.86. The minimum absolute atomic E-state index is 0.0176. The molecule has 0 radical (unpaired) electrons. The molecule has 0 aromatic carbocycles. The molecule has 132 valence electrons. The van der Waals surface area contributed by atoms with Gasteiger partial charge in [-0.1, -0.05) is 11.8 Å². The van der Waals surface area contributed by atoms with Crippen molar-refractivity contribution in [3.63, 3.8) is 0 Å². The largest absolute Gasteiger partial charge is 0.307 e. The summed E-state index contributed by atoms with van der Waals surface area (Å²) in [4.78, 5) is 11.6. The van der Waals surface area contributed by atoms with E-state index in [1.165, 1.54) is 39.3 Å². The Hall–Kier alpha value is -2.20. The predicted octanol–water partition coefficient (Wildman–Crippen LogP) is 4.06. The van der Waals surface area contributed by atoms with E-state index in [1.54, 1.807) is 11.3 Å². The fourth-order valence-electron chi connectivity index (χ4n) is 2.40. The first-order valence-corrected chi connectivity index (χ1v) is 9.54. The van der Waals surface area contributed by atoms with Crippen molar-refractivity contribution in [2.24, 2.45) is 0 Å². The fraction of sp³-hybridized carbons (Fsp3) is 0.400. The minimum atomic E-state index is -0.454. The standard InChI is InChI=1S/C15H18N6O2S2/c1-9(2)20-14(13-7-24-11(4)10(13)3)17-18-15(20)25-8-19-6-12(5-16-19)21(22)23/h5-7,9H,8H2,1-4H3. The van der Waals surface area contributed by atoms with E-state index in [9.17, 15) is 10.1 Å². The van der Waals surface area contributed by atoms with Gasteiger partial charge in [0.1, 0.15) is 12.4 Å². The second-order valence-electron chi connectivity index (χ2n) is 5.87. The lowest BCUT2D eigenvalue weighted by Crippen LogP contribution is -2.06. The first kappa shape index (κ1) is 17.6. The lowest BCUT2D eigenvalue weighted by molar-refractivity contribution is -0.385. The van der Waals surface area contributed by atoms with Gasteiger partial charge in [-0.2, -0.15) is 5.10 Å². The lowest BCUT2D eigenvalue weighted by Gasteiger charge is -2.13. The molecule has 0 aliphatic heterocycles. The Bertz CT molecular complexity index is 911. The molecule has 0 fully saturated rings. The van der Waals surface area contributed by atoms with Crippen molar-refractivity contribution in [2.75, 3.05) is 0 Å². The Kier molecular flexibility index (Phi) is 4.91. The van der Waals surface area contributed by atoms with Gasteiger partial charge >= 0.3 is 5.69 Å². The highest BCUT2D eigenvalue weighted by Gasteiger charge is 2.20. The first-order valence-electron chi connectivity index (χ1n) is 7.68. The summed E-state index contributed by atoms with van der Waals surface area (Å²) in [7, 11) is 0. The number of thiophene rings is 1. The molecule has 0 aliphatic carbocycles. The van der Waals surface area contributed by atoms with E-state index in [1.807, 2.05) is 0 Å². The normalized spacial score (nSPS) is 11.4. The molecule has 3 heterocycles. The number of aromatic nitrogens is 5. The third kappa shape index (κ3) is 3.45. The van der Waals surface area contributed by atoms with Crippen molar-refractivity contribution in [3.8, 4) is 11.4 Å². The van der Waals surface area contributed by atoms with Crippen LogP contribution in [0.1, 0.15) is 30.3 Å². The summed E-state index contributed by atoms with van der Waals surface area (Å²) in [5.74, 6) is 1.28. The average Bonchev–Trinajstić information content (AvgIpc) is 3.25. The van der Waals surface area contributed by atoms with E-state index in [0.29, 0.717) is 5.88 Å². The zero-order chi connectivity index (χ0) is 18.1. The highest BCUT2D eigenvalue weighted by atomic mass is 32.2. The van der Waals surface area contributed by atoms with Crippen LogP contribution in [0.25, 0.3) is 11.4 Å². The summed E-state index contributed by atoms with van der Waals surface area (Å²) in [6.07, 6.45) is 2.66. The third-order valence-corrected chi connectivity index (χ3v) is 5.81. The highest BCUT2D eigenvalue weighted by Crippen LogP contribution is 2.33. The molecule has 0 atom stereocenters. The molecular weight excluding hydrogens is 360 g/mol. The smallest absolute Gasteiger partial charge is 0.299 e. The van der Waals surface area contributed by atoms with E-state index in [2.05, 4.69) is 52.9 Å². The van der Waals surface area contributed by atoms with E-state index in [4.69, 9.17) is 0 Å². The maximum absolute atomic E-state index is 10.7. The van der Waals surface area contributed by atoms with E-state index in [-0.39, 0.29) is 11.7 Å². The van der Waals surface area contributed by atoms with Crippen LogP contribution in [0.3, 0.4) is 0 Å². The van der Waals surface area contributed by atoms with Crippen molar-refractivity contribution in [2.45, 2.75) is 44.8 Å². The molecule has 0 saturated heterocycles. The van der Waals surface area contributed by atoms with Gasteiger partial charge in [-0.25, -0.2) is 0 Å². The fourth-order valence-corrected chi connectivity index (χ4v) is 4.19. The topological polar surface area (TPSA) is 91.7 Å². The number of thioether (sulfide) groups is 1. The first-order chi connectivity index (χ1) is 11.9. The van der Waals surface area contributed by atoms with Gasteiger partial charge in [0.25, 0.3) is 0 Å². The molecular formula is C15H18N6O2S2. The molecule has 3 aromatic heterocycles. The van der Waals surface area contributed by atoms with Gasteiger partial charge in [-0.05, 0) is 33.3 Å².